The van der Waals surface area contributed by atoms with Crippen molar-refractivity contribution in [1.82, 2.24) is 10.6 Å². The van der Waals surface area contributed by atoms with E-state index in [4.69, 9.17) is 5.11 Å². The lowest BCUT2D eigenvalue weighted by molar-refractivity contribution is -0.121. The van der Waals surface area contributed by atoms with E-state index in [1.165, 1.54) is 0 Å². The van der Waals surface area contributed by atoms with Crippen molar-refractivity contribution >= 4 is 5.91 Å². The third-order valence-corrected chi connectivity index (χ3v) is 1.69. The summed E-state index contributed by atoms with van der Waals surface area (Å²) in [5.74, 6) is 0.182. The van der Waals surface area contributed by atoms with Crippen LogP contribution in [-0.4, -0.2) is 37.3 Å². The molecule has 0 aliphatic carbocycles. The molecule has 0 aromatic rings. The zero-order valence-electron chi connectivity index (χ0n) is 7.92. The van der Waals surface area contributed by atoms with E-state index in [0.717, 1.165) is 0 Å². The molecule has 0 aliphatic heterocycles. The molecule has 0 aromatic heterocycles. The number of carbonyl (C=O) groups is 1. The van der Waals surface area contributed by atoms with Gasteiger partial charge < -0.3 is 15.7 Å². The van der Waals surface area contributed by atoms with Gasteiger partial charge in [0.15, 0.2) is 0 Å². The van der Waals surface area contributed by atoms with Crippen molar-refractivity contribution in [3.63, 3.8) is 0 Å². The highest BCUT2D eigenvalue weighted by Crippen LogP contribution is 1.99. The molecular formula is C8H18N2O2. The van der Waals surface area contributed by atoms with Gasteiger partial charge in [0, 0.05) is 0 Å². The van der Waals surface area contributed by atoms with Crippen molar-refractivity contribution in [2.45, 2.75) is 19.9 Å². The maximum Gasteiger partial charge on any atom is 0.234 e. The third kappa shape index (κ3) is 4.31. The van der Waals surface area contributed by atoms with Crippen LogP contribution >= 0.6 is 0 Å². The Balaban J connectivity index is 3.77. The Hall–Kier alpha value is -0.610. The molecule has 0 bridgehead atoms. The van der Waals surface area contributed by atoms with Crippen LogP contribution < -0.4 is 10.6 Å². The van der Waals surface area contributed by atoms with Crippen LogP contribution in [0.2, 0.25) is 0 Å². The smallest absolute Gasteiger partial charge is 0.234 e. The second kappa shape index (κ2) is 5.97. The number of aliphatic hydroxyl groups is 1. The lowest BCUT2D eigenvalue weighted by Crippen LogP contribution is -2.44. The Morgan fingerprint density at radius 2 is 2.08 bits per heavy atom. The molecule has 72 valence electrons. The number of aliphatic hydroxyl groups excluding tert-OH is 1. The van der Waals surface area contributed by atoms with Gasteiger partial charge in [0.05, 0.1) is 19.2 Å². The molecule has 0 heterocycles. The molecule has 4 heteroatoms. The molecular weight excluding hydrogens is 156 g/mol. The molecule has 1 amide bonds. The summed E-state index contributed by atoms with van der Waals surface area (Å²) >= 11 is 0. The van der Waals surface area contributed by atoms with Crippen molar-refractivity contribution in [3.05, 3.63) is 0 Å². The monoisotopic (exact) mass is 174 g/mol. The average molecular weight is 174 g/mol. The molecule has 12 heavy (non-hydrogen) atoms. The van der Waals surface area contributed by atoms with E-state index in [1.807, 2.05) is 13.8 Å². The van der Waals surface area contributed by atoms with E-state index in [1.54, 1.807) is 7.05 Å². The first-order valence-corrected chi connectivity index (χ1v) is 4.16. The van der Waals surface area contributed by atoms with Crippen LogP contribution in [0.4, 0.5) is 0 Å². The molecule has 1 atom stereocenters. The highest BCUT2D eigenvalue weighted by atomic mass is 16.3. The Morgan fingerprint density at radius 1 is 1.50 bits per heavy atom. The van der Waals surface area contributed by atoms with Crippen LogP contribution in [0.25, 0.3) is 0 Å². The van der Waals surface area contributed by atoms with E-state index >= 15 is 0 Å². The maximum absolute atomic E-state index is 11.0. The van der Waals surface area contributed by atoms with Crippen LogP contribution in [0.1, 0.15) is 13.8 Å². The molecule has 4 nitrogen and oxygen atoms in total. The molecule has 0 spiro atoms. The fourth-order valence-corrected chi connectivity index (χ4v) is 0.841. The van der Waals surface area contributed by atoms with E-state index in [0.29, 0.717) is 6.54 Å². The first-order chi connectivity index (χ1) is 5.61. The molecule has 0 saturated carbocycles. The standard InChI is InChI=1S/C8H18N2O2/c1-6(2)7(5-11)10-8(12)4-9-3/h6-7,9,11H,4-5H2,1-3H3,(H,10,12). The summed E-state index contributed by atoms with van der Waals surface area (Å²) in [5, 5.41) is 14.3. The van der Waals surface area contributed by atoms with Crippen LogP contribution in [-0.2, 0) is 4.79 Å². The summed E-state index contributed by atoms with van der Waals surface area (Å²) in [5.41, 5.74) is 0. The van der Waals surface area contributed by atoms with Gasteiger partial charge in [0.2, 0.25) is 5.91 Å². The lowest BCUT2D eigenvalue weighted by Gasteiger charge is -2.19. The second-order valence-corrected chi connectivity index (χ2v) is 3.13. The summed E-state index contributed by atoms with van der Waals surface area (Å²) in [4.78, 5) is 11.0. The number of amides is 1. The summed E-state index contributed by atoms with van der Waals surface area (Å²) in [6, 6.07) is -0.133. The first kappa shape index (κ1) is 11.4. The molecule has 0 saturated heterocycles. The van der Waals surface area contributed by atoms with Crippen LogP contribution in [0.3, 0.4) is 0 Å². The number of rotatable bonds is 5. The Kier molecular flexibility index (Phi) is 5.66. The molecule has 1 unspecified atom stereocenters. The van der Waals surface area contributed by atoms with Crippen molar-refractivity contribution < 1.29 is 9.90 Å². The minimum Gasteiger partial charge on any atom is -0.394 e. The fourth-order valence-electron chi connectivity index (χ4n) is 0.841. The minimum atomic E-state index is -0.133. The van der Waals surface area contributed by atoms with Gasteiger partial charge in [-0.3, -0.25) is 4.79 Å². The van der Waals surface area contributed by atoms with Gasteiger partial charge in [-0.1, -0.05) is 13.8 Å². The number of hydrogen-bond acceptors (Lipinski definition) is 3. The highest BCUT2D eigenvalue weighted by Gasteiger charge is 2.13. The zero-order chi connectivity index (χ0) is 9.56. The largest absolute Gasteiger partial charge is 0.394 e. The van der Waals surface area contributed by atoms with Crippen LogP contribution in [0.5, 0.6) is 0 Å². The predicted octanol–water partition coefficient (Wildman–Crippen LogP) is -0.661. The van der Waals surface area contributed by atoms with Gasteiger partial charge in [-0.2, -0.15) is 0 Å². The van der Waals surface area contributed by atoms with Gasteiger partial charge in [0.25, 0.3) is 0 Å². The summed E-state index contributed by atoms with van der Waals surface area (Å²) in [6.45, 7) is 4.21. The second-order valence-electron chi connectivity index (χ2n) is 3.13. The minimum absolute atomic E-state index is 0.00682. The molecule has 0 radical (unpaired) electrons. The Morgan fingerprint density at radius 3 is 2.42 bits per heavy atom. The number of likely N-dealkylation sites (N-methyl/N-ethyl adjacent to an activating group) is 1. The number of hydrogen-bond donors (Lipinski definition) is 3. The fraction of sp³-hybridized carbons (Fsp3) is 0.875. The van der Waals surface area contributed by atoms with E-state index in [2.05, 4.69) is 10.6 Å². The topological polar surface area (TPSA) is 61.4 Å². The summed E-state index contributed by atoms with van der Waals surface area (Å²) in [7, 11) is 1.71. The molecule has 0 aromatic carbocycles. The van der Waals surface area contributed by atoms with E-state index in [9.17, 15) is 4.79 Å². The van der Waals surface area contributed by atoms with Gasteiger partial charge >= 0.3 is 0 Å². The van der Waals surface area contributed by atoms with E-state index < -0.39 is 0 Å². The van der Waals surface area contributed by atoms with Gasteiger partial charge in [-0.25, -0.2) is 0 Å². The molecule has 0 fully saturated rings. The Labute approximate surface area is 73.3 Å². The summed E-state index contributed by atoms with van der Waals surface area (Å²) in [6.07, 6.45) is 0. The van der Waals surface area contributed by atoms with Gasteiger partial charge in [0.1, 0.15) is 0 Å². The zero-order valence-corrected chi connectivity index (χ0v) is 7.92. The average Bonchev–Trinajstić information content (AvgIpc) is 2.00. The van der Waals surface area contributed by atoms with Gasteiger partial charge in [-0.15, -0.1) is 0 Å². The van der Waals surface area contributed by atoms with E-state index in [-0.39, 0.29) is 24.5 Å². The normalized spacial score (nSPS) is 13.1. The van der Waals surface area contributed by atoms with Gasteiger partial charge in [-0.05, 0) is 13.0 Å². The van der Waals surface area contributed by atoms with Crippen LogP contribution in [0.15, 0.2) is 0 Å². The molecule has 3 N–H and O–H groups in total. The number of nitrogens with one attached hydrogen (secondary N) is 2. The van der Waals surface area contributed by atoms with Crippen molar-refractivity contribution in [2.75, 3.05) is 20.2 Å². The molecule has 0 rings (SSSR count). The van der Waals surface area contributed by atoms with Crippen molar-refractivity contribution in [2.24, 2.45) is 5.92 Å². The first-order valence-electron chi connectivity index (χ1n) is 4.16. The summed E-state index contributed by atoms with van der Waals surface area (Å²) < 4.78 is 0. The SMILES string of the molecule is CNCC(=O)NC(CO)C(C)C. The third-order valence-electron chi connectivity index (χ3n) is 1.69. The van der Waals surface area contributed by atoms with Crippen LogP contribution in [0, 0.1) is 5.92 Å². The molecule has 0 aliphatic rings. The van der Waals surface area contributed by atoms with Crippen molar-refractivity contribution in [3.8, 4) is 0 Å². The number of carbonyl (C=O) groups excluding carboxylic acids is 1. The highest BCUT2D eigenvalue weighted by molar-refractivity contribution is 5.78. The lowest BCUT2D eigenvalue weighted by atomic mass is 10.1. The van der Waals surface area contributed by atoms with Crippen molar-refractivity contribution in [1.29, 1.82) is 0 Å². The quantitative estimate of drug-likeness (QED) is 0.518. The maximum atomic E-state index is 11.0. The predicted molar refractivity (Wildman–Crippen MR) is 47.8 cm³/mol. The Bertz CT molecular complexity index is 137.